The number of nitrogens with one attached hydrogen (secondary N) is 3. The van der Waals surface area contributed by atoms with Crippen LogP contribution in [0.5, 0.6) is 0 Å². The van der Waals surface area contributed by atoms with E-state index in [-0.39, 0.29) is 47.6 Å². The van der Waals surface area contributed by atoms with Crippen LogP contribution in [0.2, 0.25) is 0 Å². The molecule has 0 spiro atoms. The fourth-order valence-electron chi connectivity index (χ4n) is 8.96. The molecule has 3 aliphatic rings. The summed E-state index contributed by atoms with van der Waals surface area (Å²) in [6.45, 7) is 8.48. The Morgan fingerprint density at radius 2 is 1.50 bits per heavy atom. The van der Waals surface area contributed by atoms with Gasteiger partial charge in [-0.15, -0.1) is 0 Å². The number of piperidine rings is 1. The van der Waals surface area contributed by atoms with Gasteiger partial charge in [0, 0.05) is 35.8 Å². The summed E-state index contributed by atoms with van der Waals surface area (Å²) in [5.41, 5.74) is 4.43. The zero-order valence-corrected chi connectivity index (χ0v) is 36.0. The Morgan fingerprint density at radius 1 is 0.817 bits per heavy atom. The minimum atomic E-state index is -4.01. The number of aliphatic hydroxyl groups excluding tert-OH is 1. The molecule has 2 heterocycles. The Morgan fingerprint density at radius 3 is 2.18 bits per heavy atom. The zero-order chi connectivity index (χ0) is 42.4. The third-order valence-electron chi connectivity index (χ3n) is 12.0. The number of aryl methyl sites for hydroxylation is 1. The first-order valence-electron chi connectivity index (χ1n) is 21.4. The van der Waals surface area contributed by atoms with Crippen LogP contribution in [0.3, 0.4) is 0 Å². The number of aliphatic hydroxyl groups is 1. The molecule has 7 atom stereocenters. The highest BCUT2D eigenvalue weighted by Gasteiger charge is 2.44. The quantitative estimate of drug-likeness (QED) is 0.108. The van der Waals surface area contributed by atoms with Crippen molar-refractivity contribution in [1.29, 1.82) is 0 Å². The summed E-state index contributed by atoms with van der Waals surface area (Å²) in [7, 11) is -4.01. The van der Waals surface area contributed by atoms with Crippen molar-refractivity contribution in [2.24, 2.45) is 5.92 Å². The minimum Gasteiger partial charge on any atom is -0.392 e. The fourth-order valence-corrected chi connectivity index (χ4v) is 10.2. The maximum Gasteiger partial charge on any atom is 0.242 e. The standard InChI is InChI=1S/C48H60N4O7S/c1-32-14-25-40(26-15-32)60(56,57)51-41(28-33-10-6-5-7-11-33)45(54)49-38-23-20-37(21-24-38)47-58-39(29-44(59-47)36-18-16-34(31-53)17-19-36)30-52-42-13-9-8-12-35(42)22-27-43(52)46(55)50-48(2,3)4/h5-7,10-11,14-21,23-26,35,39,41-44,47,51,53H,8-9,12-13,22,27-31H2,1-4H3,(H,49,54)(H,50,55). The van der Waals surface area contributed by atoms with Gasteiger partial charge in [0.1, 0.15) is 6.04 Å². The third-order valence-corrected chi connectivity index (χ3v) is 13.5. The molecule has 0 bridgehead atoms. The third kappa shape index (κ3) is 11.1. The predicted molar refractivity (Wildman–Crippen MR) is 232 cm³/mol. The van der Waals surface area contributed by atoms with Crippen LogP contribution in [0, 0.1) is 12.8 Å². The maximum atomic E-state index is 13.9. The summed E-state index contributed by atoms with van der Waals surface area (Å²) < 4.78 is 43.0. The summed E-state index contributed by atoms with van der Waals surface area (Å²) in [6, 6.07) is 29.8. The second kappa shape index (κ2) is 19.1. The van der Waals surface area contributed by atoms with E-state index in [1.807, 2.05) is 94.4 Å². The monoisotopic (exact) mass is 836 g/mol. The van der Waals surface area contributed by atoms with Crippen LogP contribution in [0.4, 0.5) is 5.69 Å². The molecule has 12 heteroatoms. The Labute approximate surface area is 355 Å². The minimum absolute atomic E-state index is 0.0514. The van der Waals surface area contributed by atoms with Gasteiger partial charge in [-0.1, -0.05) is 97.3 Å². The van der Waals surface area contributed by atoms with E-state index in [2.05, 4.69) is 20.3 Å². The van der Waals surface area contributed by atoms with E-state index in [0.717, 1.165) is 53.5 Å². The lowest BCUT2D eigenvalue weighted by Gasteiger charge is -2.50. The van der Waals surface area contributed by atoms with Gasteiger partial charge in [-0.25, -0.2) is 8.42 Å². The molecule has 4 N–H and O–H groups in total. The van der Waals surface area contributed by atoms with E-state index in [4.69, 9.17) is 9.47 Å². The summed E-state index contributed by atoms with van der Waals surface area (Å²) in [5, 5.41) is 15.9. The van der Waals surface area contributed by atoms with Gasteiger partial charge in [-0.2, -0.15) is 4.72 Å². The summed E-state index contributed by atoms with van der Waals surface area (Å²) in [5.74, 6) is 0.132. The summed E-state index contributed by atoms with van der Waals surface area (Å²) in [4.78, 5) is 30.2. The predicted octanol–water partition coefficient (Wildman–Crippen LogP) is 7.50. The molecule has 7 rings (SSSR count). The van der Waals surface area contributed by atoms with Gasteiger partial charge in [0.05, 0.1) is 29.8 Å². The van der Waals surface area contributed by atoms with Crippen LogP contribution in [-0.4, -0.2) is 66.6 Å². The summed E-state index contributed by atoms with van der Waals surface area (Å²) >= 11 is 0. The Kier molecular flexibility index (Phi) is 13.9. The molecule has 4 aromatic rings. The fraction of sp³-hybridized carbons (Fsp3) is 0.458. The highest BCUT2D eigenvalue weighted by Crippen LogP contribution is 2.42. The average molecular weight is 837 g/mol. The van der Waals surface area contributed by atoms with Crippen molar-refractivity contribution in [3.63, 3.8) is 0 Å². The molecule has 2 amide bonds. The molecule has 60 heavy (non-hydrogen) atoms. The molecule has 7 unspecified atom stereocenters. The van der Waals surface area contributed by atoms with Crippen molar-refractivity contribution in [2.45, 2.75) is 133 Å². The molecule has 0 aromatic heterocycles. The van der Waals surface area contributed by atoms with E-state index < -0.39 is 28.3 Å². The second-order valence-electron chi connectivity index (χ2n) is 17.8. The normalized spacial score (nSPS) is 24.2. The smallest absolute Gasteiger partial charge is 0.242 e. The number of hydrogen-bond acceptors (Lipinski definition) is 8. The highest BCUT2D eigenvalue weighted by atomic mass is 32.2. The van der Waals surface area contributed by atoms with Gasteiger partial charge in [0.2, 0.25) is 21.8 Å². The molecular weight excluding hydrogens is 777 g/mol. The first kappa shape index (κ1) is 43.7. The lowest BCUT2D eigenvalue weighted by molar-refractivity contribution is -0.255. The van der Waals surface area contributed by atoms with Crippen molar-refractivity contribution in [3.05, 3.63) is 131 Å². The second-order valence-corrected chi connectivity index (χ2v) is 19.5. The van der Waals surface area contributed by atoms with Crippen LogP contribution in [-0.2, 0) is 42.1 Å². The number of nitrogens with zero attached hydrogens (tertiary/aromatic N) is 1. The molecular formula is C48H60N4O7S. The van der Waals surface area contributed by atoms with Gasteiger partial charge in [-0.3, -0.25) is 14.5 Å². The Hall–Kier alpha value is -4.43. The lowest BCUT2D eigenvalue weighted by atomic mass is 9.75. The Balaban J connectivity index is 1.11. The number of likely N-dealkylation sites (tertiary alicyclic amines) is 1. The first-order valence-corrected chi connectivity index (χ1v) is 22.8. The number of amides is 2. The van der Waals surface area contributed by atoms with Crippen LogP contribution in [0.1, 0.15) is 106 Å². The van der Waals surface area contributed by atoms with Crippen LogP contribution in [0.25, 0.3) is 0 Å². The van der Waals surface area contributed by atoms with Gasteiger partial charge < -0.3 is 25.2 Å². The van der Waals surface area contributed by atoms with Gasteiger partial charge in [0.25, 0.3) is 0 Å². The number of carbonyl (C=O) groups is 2. The number of hydrogen-bond donors (Lipinski definition) is 4. The van der Waals surface area contributed by atoms with Crippen molar-refractivity contribution in [2.75, 3.05) is 11.9 Å². The number of ether oxygens (including phenoxy) is 2. The van der Waals surface area contributed by atoms with Gasteiger partial charge >= 0.3 is 0 Å². The van der Waals surface area contributed by atoms with Crippen molar-refractivity contribution in [3.8, 4) is 0 Å². The van der Waals surface area contributed by atoms with Crippen LogP contribution < -0.4 is 15.4 Å². The summed E-state index contributed by atoms with van der Waals surface area (Å²) in [6.07, 6.45) is 5.92. The largest absolute Gasteiger partial charge is 0.392 e. The van der Waals surface area contributed by atoms with E-state index in [0.29, 0.717) is 30.6 Å². The average Bonchev–Trinajstić information content (AvgIpc) is 3.23. The number of benzene rings is 4. The lowest BCUT2D eigenvalue weighted by Crippen LogP contribution is -2.61. The Bertz CT molecular complexity index is 2160. The van der Waals surface area contributed by atoms with Crippen molar-refractivity contribution >= 4 is 27.5 Å². The first-order chi connectivity index (χ1) is 28.7. The molecule has 3 fully saturated rings. The van der Waals surface area contributed by atoms with Gasteiger partial charge in [0.15, 0.2) is 6.29 Å². The molecule has 1 aliphatic carbocycles. The highest BCUT2D eigenvalue weighted by molar-refractivity contribution is 7.89. The number of rotatable bonds is 13. The molecule has 0 radical (unpaired) electrons. The molecule has 2 saturated heterocycles. The SMILES string of the molecule is Cc1ccc(S(=O)(=O)NC(Cc2ccccc2)C(=O)Nc2ccc(C3OC(CN4C(C(=O)NC(C)(C)C)CCC5CCCCC54)CC(c4ccc(CO)cc4)O3)cc2)cc1. The maximum absolute atomic E-state index is 13.9. The molecule has 11 nitrogen and oxygen atoms in total. The molecule has 2 aliphatic heterocycles. The van der Waals surface area contributed by atoms with Crippen LogP contribution in [0.15, 0.2) is 108 Å². The van der Waals surface area contributed by atoms with E-state index in [1.165, 1.54) is 25.0 Å². The number of anilines is 1. The molecule has 320 valence electrons. The van der Waals surface area contributed by atoms with Crippen molar-refractivity contribution in [1.82, 2.24) is 14.9 Å². The van der Waals surface area contributed by atoms with Gasteiger partial charge in [-0.05, 0) is 107 Å². The number of carbonyl (C=O) groups excluding carboxylic acids is 2. The number of fused-ring (bicyclic) bond motifs is 1. The van der Waals surface area contributed by atoms with Crippen molar-refractivity contribution < 1.29 is 32.6 Å². The molecule has 1 saturated carbocycles. The van der Waals surface area contributed by atoms with E-state index in [1.54, 1.807) is 24.3 Å². The number of sulfonamides is 1. The van der Waals surface area contributed by atoms with E-state index >= 15 is 0 Å². The topological polar surface area (TPSA) is 146 Å². The van der Waals surface area contributed by atoms with E-state index in [9.17, 15) is 23.1 Å². The zero-order valence-electron chi connectivity index (χ0n) is 35.2. The van der Waals surface area contributed by atoms with Crippen LogP contribution >= 0.6 is 0 Å². The molecule has 4 aromatic carbocycles.